The van der Waals surface area contributed by atoms with E-state index in [-0.39, 0.29) is 11.8 Å². The molecular formula is C18H29N3O2S. The molecule has 6 heteroatoms. The van der Waals surface area contributed by atoms with Crippen LogP contribution in [0.1, 0.15) is 61.6 Å². The van der Waals surface area contributed by atoms with Crippen LogP contribution < -0.4 is 11.1 Å². The van der Waals surface area contributed by atoms with Gasteiger partial charge >= 0.3 is 0 Å². The average Bonchev–Trinajstić information content (AvgIpc) is 3.11. The van der Waals surface area contributed by atoms with E-state index < -0.39 is 6.04 Å². The third-order valence-corrected chi connectivity index (χ3v) is 6.23. The molecule has 1 unspecified atom stereocenters. The number of nitrogens with zero attached hydrogens (tertiary/aromatic N) is 1. The van der Waals surface area contributed by atoms with E-state index in [0.717, 1.165) is 24.3 Å². The first kappa shape index (κ1) is 17.8. The van der Waals surface area contributed by atoms with Gasteiger partial charge in [0.1, 0.15) is 0 Å². The molecule has 5 nitrogen and oxygen atoms in total. The summed E-state index contributed by atoms with van der Waals surface area (Å²) < 4.78 is 5.33. The van der Waals surface area contributed by atoms with Gasteiger partial charge in [0, 0.05) is 37.5 Å². The van der Waals surface area contributed by atoms with Gasteiger partial charge in [0.25, 0.3) is 0 Å². The molecule has 3 rings (SSSR count). The topological polar surface area (TPSA) is 77.2 Å². The van der Waals surface area contributed by atoms with Crippen molar-refractivity contribution in [1.29, 1.82) is 0 Å². The normalized spacial score (nSPS) is 21.5. The molecule has 2 aliphatic rings. The summed E-state index contributed by atoms with van der Waals surface area (Å²) in [4.78, 5) is 17.0. The SMILES string of the molecule is NC(C(=O)NCCc1nc(C2CCCCC2)cs1)C1CCOCC1. The van der Waals surface area contributed by atoms with Gasteiger partial charge in [0.05, 0.1) is 16.7 Å². The van der Waals surface area contributed by atoms with Gasteiger partial charge in [0.15, 0.2) is 0 Å². The number of amides is 1. The van der Waals surface area contributed by atoms with Gasteiger partial charge < -0.3 is 15.8 Å². The van der Waals surface area contributed by atoms with Crippen molar-refractivity contribution in [2.45, 2.75) is 63.3 Å². The van der Waals surface area contributed by atoms with E-state index in [1.165, 1.54) is 37.8 Å². The van der Waals surface area contributed by atoms with E-state index in [1.54, 1.807) is 11.3 Å². The van der Waals surface area contributed by atoms with E-state index in [0.29, 0.717) is 25.7 Å². The van der Waals surface area contributed by atoms with Gasteiger partial charge in [-0.2, -0.15) is 0 Å². The first-order valence-corrected chi connectivity index (χ1v) is 10.2. The smallest absolute Gasteiger partial charge is 0.237 e. The molecule has 134 valence electrons. The molecule has 1 aliphatic heterocycles. The fourth-order valence-electron chi connectivity index (χ4n) is 3.73. The van der Waals surface area contributed by atoms with Crippen LogP contribution in [0.3, 0.4) is 0 Å². The Bertz CT molecular complexity index is 522. The standard InChI is InChI=1S/C18H29N3O2S/c19-17(14-7-10-23-11-8-14)18(22)20-9-6-16-21-15(12-24-16)13-4-2-1-3-5-13/h12-14,17H,1-11,19H2,(H,20,22). The molecule has 2 heterocycles. The zero-order valence-corrected chi connectivity index (χ0v) is 15.2. The summed E-state index contributed by atoms with van der Waals surface area (Å²) in [6, 6.07) is -0.414. The van der Waals surface area contributed by atoms with E-state index in [1.807, 2.05) is 0 Å². The number of carbonyl (C=O) groups is 1. The van der Waals surface area contributed by atoms with Crippen molar-refractivity contribution < 1.29 is 9.53 Å². The molecule has 0 radical (unpaired) electrons. The average molecular weight is 352 g/mol. The first-order valence-electron chi connectivity index (χ1n) is 9.29. The van der Waals surface area contributed by atoms with Crippen molar-refractivity contribution in [2.75, 3.05) is 19.8 Å². The summed E-state index contributed by atoms with van der Waals surface area (Å²) in [5.74, 6) is 0.864. The molecule has 1 aromatic rings. The number of nitrogens with one attached hydrogen (secondary N) is 1. The Kier molecular flexibility index (Phi) is 6.63. The highest BCUT2D eigenvalue weighted by atomic mass is 32.1. The van der Waals surface area contributed by atoms with Crippen molar-refractivity contribution in [3.63, 3.8) is 0 Å². The number of hydrogen-bond donors (Lipinski definition) is 2. The van der Waals surface area contributed by atoms with Gasteiger partial charge in [-0.1, -0.05) is 19.3 Å². The molecule has 1 saturated heterocycles. The Hall–Kier alpha value is -0.980. The van der Waals surface area contributed by atoms with Gasteiger partial charge in [-0.05, 0) is 31.6 Å². The van der Waals surface area contributed by atoms with Crippen LogP contribution in [-0.4, -0.2) is 36.7 Å². The molecule has 0 bridgehead atoms. The van der Waals surface area contributed by atoms with Gasteiger partial charge in [-0.3, -0.25) is 4.79 Å². The van der Waals surface area contributed by atoms with Gasteiger partial charge in [-0.25, -0.2) is 4.98 Å². The Morgan fingerprint density at radius 2 is 2.04 bits per heavy atom. The summed E-state index contributed by atoms with van der Waals surface area (Å²) in [6.45, 7) is 2.05. The van der Waals surface area contributed by atoms with Crippen LogP contribution in [0.25, 0.3) is 0 Å². The predicted octanol–water partition coefficient (Wildman–Crippen LogP) is 2.60. The molecule has 1 atom stereocenters. The van der Waals surface area contributed by atoms with Crippen LogP contribution in [0.4, 0.5) is 0 Å². The Morgan fingerprint density at radius 3 is 2.79 bits per heavy atom. The second-order valence-electron chi connectivity index (χ2n) is 7.02. The Balaban J connectivity index is 1.41. The lowest BCUT2D eigenvalue weighted by Crippen LogP contribution is -2.47. The molecule has 24 heavy (non-hydrogen) atoms. The van der Waals surface area contributed by atoms with Crippen molar-refractivity contribution >= 4 is 17.2 Å². The summed E-state index contributed by atoms with van der Waals surface area (Å²) >= 11 is 1.72. The lowest BCUT2D eigenvalue weighted by atomic mass is 9.87. The summed E-state index contributed by atoms with van der Waals surface area (Å²) in [5, 5.41) is 6.31. The number of hydrogen-bond acceptors (Lipinski definition) is 5. The highest BCUT2D eigenvalue weighted by molar-refractivity contribution is 7.09. The van der Waals surface area contributed by atoms with E-state index >= 15 is 0 Å². The summed E-state index contributed by atoms with van der Waals surface area (Å²) in [7, 11) is 0. The van der Waals surface area contributed by atoms with Crippen LogP contribution in [0.5, 0.6) is 0 Å². The van der Waals surface area contributed by atoms with Crippen LogP contribution in [0.2, 0.25) is 0 Å². The molecule has 0 aromatic carbocycles. The zero-order valence-electron chi connectivity index (χ0n) is 14.3. The minimum Gasteiger partial charge on any atom is -0.381 e. The van der Waals surface area contributed by atoms with Crippen LogP contribution in [0, 0.1) is 5.92 Å². The number of ether oxygens (including phenoxy) is 1. The number of rotatable bonds is 6. The van der Waals surface area contributed by atoms with Gasteiger partial charge in [0.2, 0.25) is 5.91 Å². The van der Waals surface area contributed by atoms with E-state index in [9.17, 15) is 4.79 Å². The lowest BCUT2D eigenvalue weighted by Gasteiger charge is -2.26. The number of aromatic nitrogens is 1. The molecule has 0 spiro atoms. The number of nitrogens with two attached hydrogens (primary N) is 1. The Morgan fingerprint density at radius 1 is 1.29 bits per heavy atom. The van der Waals surface area contributed by atoms with Crippen molar-refractivity contribution in [1.82, 2.24) is 10.3 Å². The zero-order chi connectivity index (χ0) is 16.8. The number of thiazole rings is 1. The first-order chi connectivity index (χ1) is 11.7. The quantitative estimate of drug-likeness (QED) is 0.826. The minimum atomic E-state index is -0.414. The van der Waals surface area contributed by atoms with Crippen molar-refractivity contribution in [3.8, 4) is 0 Å². The highest BCUT2D eigenvalue weighted by Gasteiger charge is 2.26. The third kappa shape index (κ3) is 4.77. The minimum absolute atomic E-state index is 0.0361. The molecule has 1 aromatic heterocycles. The molecule has 1 aliphatic carbocycles. The molecule has 2 fully saturated rings. The fourth-order valence-corrected chi connectivity index (χ4v) is 4.61. The highest BCUT2D eigenvalue weighted by Crippen LogP contribution is 2.33. The van der Waals surface area contributed by atoms with E-state index in [4.69, 9.17) is 15.5 Å². The second kappa shape index (κ2) is 8.92. The monoisotopic (exact) mass is 351 g/mol. The number of carbonyl (C=O) groups excluding carboxylic acids is 1. The summed E-state index contributed by atoms with van der Waals surface area (Å²) in [5.41, 5.74) is 7.36. The largest absolute Gasteiger partial charge is 0.381 e. The maximum Gasteiger partial charge on any atom is 0.237 e. The van der Waals surface area contributed by atoms with E-state index in [2.05, 4.69) is 10.7 Å². The molecule has 1 amide bonds. The fraction of sp³-hybridized carbons (Fsp3) is 0.778. The molecule has 3 N–H and O–H groups in total. The van der Waals surface area contributed by atoms with Crippen molar-refractivity contribution in [3.05, 3.63) is 16.1 Å². The van der Waals surface area contributed by atoms with Gasteiger partial charge in [-0.15, -0.1) is 11.3 Å². The van der Waals surface area contributed by atoms with Crippen molar-refractivity contribution in [2.24, 2.45) is 11.7 Å². The molecular weight excluding hydrogens is 322 g/mol. The second-order valence-corrected chi connectivity index (χ2v) is 7.96. The maximum absolute atomic E-state index is 12.2. The Labute approximate surface area is 148 Å². The summed E-state index contributed by atoms with van der Waals surface area (Å²) in [6.07, 6.45) is 9.14. The van der Waals surface area contributed by atoms with Crippen LogP contribution >= 0.6 is 11.3 Å². The molecule has 1 saturated carbocycles. The maximum atomic E-state index is 12.2. The predicted molar refractivity (Wildman–Crippen MR) is 96.2 cm³/mol. The third-order valence-electron chi connectivity index (χ3n) is 5.31. The van der Waals surface area contributed by atoms with Crippen LogP contribution in [-0.2, 0) is 16.0 Å². The lowest BCUT2D eigenvalue weighted by molar-refractivity contribution is -0.124. The van der Waals surface area contributed by atoms with Crippen LogP contribution in [0.15, 0.2) is 5.38 Å².